The van der Waals surface area contributed by atoms with Crippen molar-refractivity contribution in [1.29, 1.82) is 0 Å². The van der Waals surface area contributed by atoms with E-state index < -0.39 is 12.0 Å². The molecular weight excluding hydrogens is 262 g/mol. The molecule has 1 unspecified atom stereocenters. The number of carbonyl (C=O) groups excluding carboxylic acids is 1. The van der Waals surface area contributed by atoms with E-state index in [0.717, 1.165) is 0 Å². The van der Waals surface area contributed by atoms with Crippen molar-refractivity contribution >= 4 is 17.7 Å². The van der Waals surface area contributed by atoms with Gasteiger partial charge in [0.1, 0.15) is 11.9 Å². The van der Waals surface area contributed by atoms with Crippen LogP contribution < -0.4 is 10.2 Å². The highest BCUT2D eigenvalue weighted by Gasteiger charge is 2.30. The molecule has 7 heteroatoms. The van der Waals surface area contributed by atoms with Crippen LogP contribution in [-0.2, 0) is 9.53 Å². The first-order valence-electron chi connectivity index (χ1n) is 6.31. The standard InChI is InChI=1S/C13H17N3O4/c1-8-5-9(13(18)19)6-11(15-8)16-3-4-20-7-10(16)12(17)14-2/h5-6,10H,3-4,7H2,1-2H3,(H,14,17)(H,18,19). The van der Waals surface area contributed by atoms with Gasteiger partial charge in [-0.2, -0.15) is 0 Å². The topological polar surface area (TPSA) is 91.8 Å². The largest absolute Gasteiger partial charge is 0.478 e. The average molecular weight is 279 g/mol. The first-order chi connectivity index (χ1) is 9.52. The van der Waals surface area contributed by atoms with Crippen LogP contribution in [0.25, 0.3) is 0 Å². The molecule has 0 aromatic carbocycles. The molecule has 1 aliphatic rings. The number of ether oxygens (including phenoxy) is 1. The molecule has 0 saturated carbocycles. The summed E-state index contributed by atoms with van der Waals surface area (Å²) in [5.41, 5.74) is 0.761. The Morgan fingerprint density at radius 1 is 1.50 bits per heavy atom. The van der Waals surface area contributed by atoms with E-state index in [2.05, 4.69) is 10.3 Å². The molecule has 1 amide bonds. The third-order valence-corrected chi connectivity index (χ3v) is 3.16. The molecule has 2 heterocycles. The predicted octanol–water partition coefficient (Wildman–Crippen LogP) is 0.0394. The molecular formula is C13H17N3O4. The summed E-state index contributed by atoms with van der Waals surface area (Å²) >= 11 is 0. The summed E-state index contributed by atoms with van der Waals surface area (Å²) in [4.78, 5) is 29.1. The highest BCUT2D eigenvalue weighted by atomic mass is 16.5. The Balaban J connectivity index is 2.37. The Kier molecular flexibility index (Phi) is 4.19. The fourth-order valence-corrected chi connectivity index (χ4v) is 2.18. The molecule has 1 saturated heterocycles. The minimum Gasteiger partial charge on any atom is -0.478 e. The number of hydrogen-bond acceptors (Lipinski definition) is 5. The van der Waals surface area contributed by atoms with Crippen molar-refractivity contribution in [2.75, 3.05) is 31.7 Å². The van der Waals surface area contributed by atoms with Crippen LogP contribution in [-0.4, -0.2) is 54.8 Å². The van der Waals surface area contributed by atoms with E-state index in [4.69, 9.17) is 9.84 Å². The Labute approximate surface area is 116 Å². The number of morpholine rings is 1. The molecule has 1 atom stereocenters. The second kappa shape index (κ2) is 5.87. The summed E-state index contributed by atoms with van der Waals surface area (Å²) < 4.78 is 5.32. The minimum absolute atomic E-state index is 0.162. The number of carbonyl (C=O) groups is 2. The third-order valence-electron chi connectivity index (χ3n) is 3.16. The summed E-state index contributed by atoms with van der Waals surface area (Å²) in [6, 6.07) is 2.49. The van der Waals surface area contributed by atoms with Crippen molar-refractivity contribution in [1.82, 2.24) is 10.3 Å². The molecule has 1 aromatic heterocycles. The van der Waals surface area contributed by atoms with Crippen molar-refractivity contribution in [3.8, 4) is 0 Å². The number of pyridine rings is 1. The maximum Gasteiger partial charge on any atom is 0.335 e. The fourth-order valence-electron chi connectivity index (χ4n) is 2.18. The van der Waals surface area contributed by atoms with Gasteiger partial charge in [0, 0.05) is 19.3 Å². The molecule has 0 spiro atoms. The molecule has 1 fully saturated rings. The zero-order chi connectivity index (χ0) is 14.7. The van der Waals surface area contributed by atoms with Crippen LogP contribution in [0.1, 0.15) is 16.1 Å². The molecule has 2 N–H and O–H groups in total. The lowest BCUT2D eigenvalue weighted by Crippen LogP contribution is -2.53. The minimum atomic E-state index is -1.01. The van der Waals surface area contributed by atoms with Gasteiger partial charge in [0.15, 0.2) is 0 Å². The third kappa shape index (κ3) is 2.88. The van der Waals surface area contributed by atoms with Crippen LogP contribution in [0.5, 0.6) is 0 Å². The predicted molar refractivity (Wildman–Crippen MR) is 72.0 cm³/mol. The number of anilines is 1. The molecule has 1 aliphatic heterocycles. The van der Waals surface area contributed by atoms with Crippen molar-refractivity contribution in [2.45, 2.75) is 13.0 Å². The number of nitrogens with zero attached hydrogens (tertiary/aromatic N) is 2. The average Bonchev–Trinajstić information content (AvgIpc) is 2.45. The highest BCUT2D eigenvalue weighted by Crippen LogP contribution is 2.20. The maximum absolute atomic E-state index is 11.9. The number of amides is 1. The van der Waals surface area contributed by atoms with Gasteiger partial charge >= 0.3 is 5.97 Å². The zero-order valence-corrected chi connectivity index (χ0v) is 11.4. The second-order valence-electron chi connectivity index (χ2n) is 4.56. The van der Waals surface area contributed by atoms with E-state index in [1.807, 2.05) is 0 Å². The fraction of sp³-hybridized carbons (Fsp3) is 0.462. The van der Waals surface area contributed by atoms with Gasteiger partial charge < -0.3 is 20.1 Å². The Morgan fingerprint density at radius 3 is 2.90 bits per heavy atom. The van der Waals surface area contributed by atoms with E-state index in [1.165, 1.54) is 12.1 Å². The van der Waals surface area contributed by atoms with Gasteiger partial charge in [-0.1, -0.05) is 0 Å². The Morgan fingerprint density at radius 2 is 2.25 bits per heavy atom. The molecule has 108 valence electrons. The van der Waals surface area contributed by atoms with Crippen molar-refractivity contribution < 1.29 is 19.4 Å². The molecule has 0 radical (unpaired) electrons. The maximum atomic E-state index is 11.9. The van der Waals surface area contributed by atoms with Gasteiger partial charge in [-0.3, -0.25) is 4.79 Å². The number of likely N-dealkylation sites (N-methyl/N-ethyl adjacent to an activating group) is 1. The molecule has 20 heavy (non-hydrogen) atoms. The molecule has 7 nitrogen and oxygen atoms in total. The van der Waals surface area contributed by atoms with Crippen LogP contribution >= 0.6 is 0 Å². The number of aromatic carboxylic acids is 1. The summed E-state index contributed by atoms with van der Waals surface area (Å²) in [7, 11) is 1.56. The van der Waals surface area contributed by atoms with Gasteiger partial charge in [0.05, 0.1) is 18.8 Å². The van der Waals surface area contributed by atoms with Crippen LogP contribution in [0, 0.1) is 6.92 Å². The van der Waals surface area contributed by atoms with Gasteiger partial charge in [-0.05, 0) is 19.1 Å². The number of aromatic nitrogens is 1. The van der Waals surface area contributed by atoms with E-state index >= 15 is 0 Å². The second-order valence-corrected chi connectivity index (χ2v) is 4.56. The van der Waals surface area contributed by atoms with E-state index in [-0.39, 0.29) is 18.1 Å². The van der Waals surface area contributed by atoms with Gasteiger partial charge in [-0.25, -0.2) is 9.78 Å². The first-order valence-corrected chi connectivity index (χ1v) is 6.31. The molecule has 2 rings (SSSR count). The lowest BCUT2D eigenvalue weighted by molar-refractivity contribution is -0.124. The quantitative estimate of drug-likeness (QED) is 0.811. The summed E-state index contributed by atoms with van der Waals surface area (Å²) in [5.74, 6) is -0.703. The lowest BCUT2D eigenvalue weighted by Gasteiger charge is -2.35. The summed E-state index contributed by atoms with van der Waals surface area (Å²) in [6.07, 6.45) is 0. The highest BCUT2D eigenvalue weighted by molar-refractivity contribution is 5.89. The number of rotatable bonds is 3. The van der Waals surface area contributed by atoms with Gasteiger partial charge in [0.2, 0.25) is 5.91 Å². The van der Waals surface area contributed by atoms with Gasteiger partial charge in [-0.15, -0.1) is 0 Å². The zero-order valence-electron chi connectivity index (χ0n) is 11.4. The molecule has 0 aliphatic carbocycles. The monoisotopic (exact) mass is 279 g/mol. The summed E-state index contributed by atoms with van der Waals surface area (Å²) in [6.45, 7) is 2.96. The SMILES string of the molecule is CNC(=O)C1COCCN1c1cc(C(=O)O)cc(C)n1. The Bertz CT molecular complexity index is 532. The number of carboxylic acid groups (broad SMARTS) is 1. The van der Waals surface area contributed by atoms with Crippen LogP contribution in [0.2, 0.25) is 0 Å². The first kappa shape index (κ1) is 14.3. The van der Waals surface area contributed by atoms with Gasteiger partial charge in [0.25, 0.3) is 0 Å². The lowest BCUT2D eigenvalue weighted by atomic mass is 10.1. The molecule has 1 aromatic rings. The Hall–Kier alpha value is -2.15. The van der Waals surface area contributed by atoms with Crippen molar-refractivity contribution in [3.05, 3.63) is 23.4 Å². The van der Waals surface area contributed by atoms with E-state index in [9.17, 15) is 9.59 Å². The number of hydrogen-bond donors (Lipinski definition) is 2. The molecule has 0 bridgehead atoms. The smallest absolute Gasteiger partial charge is 0.335 e. The number of nitrogens with one attached hydrogen (secondary N) is 1. The number of aryl methyl sites for hydroxylation is 1. The van der Waals surface area contributed by atoms with E-state index in [1.54, 1.807) is 18.9 Å². The van der Waals surface area contributed by atoms with Crippen LogP contribution in [0.15, 0.2) is 12.1 Å². The normalized spacial score (nSPS) is 18.7. The van der Waals surface area contributed by atoms with E-state index in [0.29, 0.717) is 24.7 Å². The van der Waals surface area contributed by atoms with Crippen molar-refractivity contribution in [3.63, 3.8) is 0 Å². The van der Waals surface area contributed by atoms with Crippen LogP contribution in [0.4, 0.5) is 5.82 Å². The van der Waals surface area contributed by atoms with Crippen molar-refractivity contribution in [2.24, 2.45) is 0 Å². The van der Waals surface area contributed by atoms with Crippen LogP contribution in [0.3, 0.4) is 0 Å². The summed E-state index contributed by atoms with van der Waals surface area (Å²) in [5, 5.41) is 11.7. The number of carboxylic acids is 1.